The van der Waals surface area contributed by atoms with Crippen LogP contribution in [0.4, 0.5) is 0 Å². The highest BCUT2D eigenvalue weighted by molar-refractivity contribution is 5.79. The third kappa shape index (κ3) is 8.08. The quantitative estimate of drug-likeness (QED) is 0.371. The number of hydrogen-bond donors (Lipinski definition) is 0. The molecule has 0 atom stereocenters. The summed E-state index contributed by atoms with van der Waals surface area (Å²) in [7, 11) is 2.36. The fraction of sp³-hybridized carbons (Fsp3) is 0.600. The van der Waals surface area contributed by atoms with Crippen molar-refractivity contribution in [3.8, 4) is 0 Å². The third-order valence-corrected chi connectivity index (χ3v) is 1.75. The van der Waals surface area contributed by atoms with Gasteiger partial charge in [-0.25, -0.2) is 19.4 Å². The van der Waals surface area contributed by atoms with Gasteiger partial charge in [0, 0.05) is 0 Å². The van der Waals surface area contributed by atoms with Crippen molar-refractivity contribution in [3.63, 3.8) is 0 Å². The predicted octanol–water partition coefficient (Wildman–Crippen LogP) is -0.106. The zero-order valence-electron chi connectivity index (χ0n) is 10.1. The molecule has 0 N–H and O–H groups in total. The molecule has 0 radical (unpaired) electrons. The molecule has 0 aliphatic heterocycles. The van der Waals surface area contributed by atoms with Crippen molar-refractivity contribution in [1.82, 2.24) is 0 Å². The zero-order chi connectivity index (χ0) is 14.0. The molecule has 0 heterocycles. The summed E-state index contributed by atoms with van der Waals surface area (Å²) >= 11 is 0. The van der Waals surface area contributed by atoms with Gasteiger partial charge in [0.1, 0.15) is 0 Å². The van der Waals surface area contributed by atoms with Crippen molar-refractivity contribution >= 4 is 23.9 Å². The lowest BCUT2D eigenvalue weighted by Gasteiger charge is -2.02. The zero-order valence-corrected chi connectivity index (χ0v) is 10.1. The number of methoxy groups -OCH3 is 2. The van der Waals surface area contributed by atoms with E-state index in [0.29, 0.717) is 0 Å². The first-order chi connectivity index (χ1) is 8.49. The highest BCUT2D eigenvalue weighted by atomic mass is 17.2. The van der Waals surface area contributed by atoms with Crippen LogP contribution < -0.4 is 0 Å². The second-order valence-corrected chi connectivity index (χ2v) is 3.06. The van der Waals surface area contributed by atoms with Gasteiger partial charge < -0.3 is 9.47 Å². The third-order valence-electron chi connectivity index (χ3n) is 1.75. The molecule has 0 bridgehead atoms. The van der Waals surface area contributed by atoms with Gasteiger partial charge in [-0.3, -0.25) is 9.59 Å². The Bertz CT molecular complexity index is 290. The fourth-order valence-electron chi connectivity index (χ4n) is 0.789. The van der Waals surface area contributed by atoms with Crippen LogP contribution in [0.2, 0.25) is 0 Å². The van der Waals surface area contributed by atoms with E-state index in [1.165, 1.54) is 14.2 Å². The molecule has 0 fully saturated rings. The molecule has 0 aromatic heterocycles. The summed E-state index contributed by atoms with van der Waals surface area (Å²) in [5.74, 6) is -2.92. The first-order valence-corrected chi connectivity index (χ1v) is 5.03. The highest BCUT2D eigenvalue weighted by Crippen LogP contribution is 1.99. The van der Waals surface area contributed by atoms with E-state index in [1.807, 2.05) is 0 Å². The van der Waals surface area contributed by atoms with Gasteiger partial charge in [0.25, 0.3) is 0 Å². The molecule has 0 spiro atoms. The summed E-state index contributed by atoms with van der Waals surface area (Å²) in [6, 6.07) is 0. The maximum atomic E-state index is 11.0. The van der Waals surface area contributed by atoms with E-state index in [0.717, 1.165) is 0 Å². The van der Waals surface area contributed by atoms with Gasteiger partial charge in [0.2, 0.25) is 0 Å². The Morgan fingerprint density at radius 3 is 1.17 bits per heavy atom. The molecule has 8 nitrogen and oxygen atoms in total. The molecule has 0 aromatic carbocycles. The second kappa shape index (κ2) is 8.97. The van der Waals surface area contributed by atoms with Crippen molar-refractivity contribution in [2.75, 3.05) is 14.2 Å². The average Bonchev–Trinajstić information content (AvgIpc) is 2.39. The molecule has 0 aliphatic rings. The van der Waals surface area contributed by atoms with Crippen LogP contribution in [0.3, 0.4) is 0 Å². The lowest BCUT2D eigenvalue weighted by atomic mass is 10.3. The second-order valence-electron chi connectivity index (χ2n) is 3.06. The van der Waals surface area contributed by atoms with Gasteiger partial charge in [-0.1, -0.05) is 0 Å². The van der Waals surface area contributed by atoms with Crippen LogP contribution in [-0.4, -0.2) is 38.1 Å². The van der Waals surface area contributed by atoms with Gasteiger partial charge in [-0.05, 0) is 0 Å². The minimum Gasteiger partial charge on any atom is -0.469 e. The lowest BCUT2D eigenvalue weighted by Crippen LogP contribution is -2.14. The molecule has 0 amide bonds. The number of esters is 2. The van der Waals surface area contributed by atoms with Crippen LogP contribution in [0, 0.1) is 0 Å². The number of carbonyl (C=O) groups excluding carboxylic acids is 4. The molecule has 0 unspecified atom stereocenters. The van der Waals surface area contributed by atoms with Crippen LogP contribution in [0.1, 0.15) is 25.7 Å². The Kier molecular flexibility index (Phi) is 7.91. The summed E-state index contributed by atoms with van der Waals surface area (Å²) in [4.78, 5) is 51.5. The number of hydrogen-bond acceptors (Lipinski definition) is 8. The topological polar surface area (TPSA) is 105 Å². The first kappa shape index (κ1) is 15.9. The van der Waals surface area contributed by atoms with E-state index in [1.54, 1.807) is 0 Å². The minimum absolute atomic E-state index is 0.172. The van der Waals surface area contributed by atoms with Crippen LogP contribution in [-0.2, 0) is 38.4 Å². The maximum Gasteiger partial charge on any atom is 0.356 e. The van der Waals surface area contributed by atoms with E-state index in [-0.39, 0.29) is 25.7 Å². The maximum absolute atomic E-state index is 11.0. The summed E-state index contributed by atoms with van der Waals surface area (Å²) in [6.07, 6.45) is -0.877. The van der Waals surface area contributed by atoms with Gasteiger partial charge in [-0.15, -0.1) is 0 Å². The van der Waals surface area contributed by atoms with Crippen molar-refractivity contribution in [1.29, 1.82) is 0 Å². The van der Waals surface area contributed by atoms with E-state index >= 15 is 0 Å². The molecule has 0 aromatic rings. The van der Waals surface area contributed by atoms with Gasteiger partial charge >= 0.3 is 23.9 Å². The summed E-state index contributed by atoms with van der Waals surface area (Å²) < 4.78 is 8.60. The molecular weight excluding hydrogens is 248 g/mol. The van der Waals surface area contributed by atoms with Crippen LogP contribution in [0.25, 0.3) is 0 Å². The lowest BCUT2D eigenvalue weighted by molar-refractivity contribution is -0.259. The molecular formula is C10H14O8. The molecule has 0 saturated carbocycles. The summed E-state index contributed by atoms with van der Waals surface area (Å²) in [6.45, 7) is 0. The van der Waals surface area contributed by atoms with Crippen molar-refractivity contribution in [2.24, 2.45) is 0 Å². The Labute approximate surface area is 103 Å². The smallest absolute Gasteiger partial charge is 0.356 e. The molecule has 18 heavy (non-hydrogen) atoms. The van der Waals surface area contributed by atoms with Crippen molar-refractivity contribution in [3.05, 3.63) is 0 Å². The van der Waals surface area contributed by atoms with Crippen LogP contribution in [0.5, 0.6) is 0 Å². The number of rotatable bonds is 6. The standard InChI is InChI=1S/C10H14O8/c1-15-7(11)3-5-9(13)17-18-10(14)6-4-8(12)16-2/h3-6H2,1-2H3. The molecule has 0 saturated heterocycles. The van der Waals surface area contributed by atoms with Gasteiger partial charge in [0.05, 0.1) is 39.9 Å². The summed E-state index contributed by atoms with van der Waals surface area (Å²) in [5.41, 5.74) is 0. The summed E-state index contributed by atoms with van der Waals surface area (Å²) in [5, 5.41) is 0. The normalized spacial score (nSPS) is 9.22. The van der Waals surface area contributed by atoms with E-state index in [9.17, 15) is 19.2 Å². The molecule has 0 aliphatic carbocycles. The van der Waals surface area contributed by atoms with Crippen LogP contribution >= 0.6 is 0 Å². The Balaban J connectivity index is 3.68. The largest absolute Gasteiger partial charge is 0.469 e. The Morgan fingerprint density at radius 2 is 0.889 bits per heavy atom. The monoisotopic (exact) mass is 262 g/mol. The predicted molar refractivity (Wildman–Crippen MR) is 54.7 cm³/mol. The van der Waals surface area contributed by atoms with Crippen molar-refractivity contribution in [2.45, 2.75) is 25.7 Å². The first-order valence-electron chi connectivity index (χ1n) is 5.03. The minimum atomic E-state index is -0.883. The number of carbonyl (C=O) groups is 4. The fourth-order valence-corrected chi connectivity index (χ4v) is 0.789. The Morgan fingerprint density at radius 1 is 0.611 bits per heavy atom. The molecule has 0 rings (SSSR count). The van der Waals surface area contributed by atoms with Gasteiger partial charge in [-0.2, -0.15) is 0 Å². The van der Waals surface area contributed by atoms with Gasteiger partial charge in [0.15, 0.2) is 0 Å². The van der Waals surface area contributed by atoms with Crippen LogP contribution in [0.15, 0.2) is 0 Å². The highest BCUT2D eigenvalue weighted by Gasteiger charge is 2.13. The van der Waals surface area contributed by atoms with E-state index in [2.05, 4.69) is 19.2 Å². The van der Waals surface area contributed by atoms with E-state index < -0.39 is 23.9 Å². The average molecular weight is 262 g/mol. The Hall–Kier alpha value is -2.12. The van der Waals surface area contributed by atoms with Crippen molar-refractivity contribution < 1.29 is 38.4 Å². The molecule has 8 heteroatoms. The van der Waals surface area contributed by atoms with E-state index in [4.69, 9.17) is 0 Å². The SMILES string of the molecule is COC(=O)CCC(=O)OOC(=O)CCC(=O)OC. The molecule has 102 valence electrons. The number of ether oxygens (including phenoxy) is 2.